The monoisotopic (exact) mass is 501 g/mol. The molecule has 0 spiro atoms. The SMILES string of the molecule is CN(C)C(CO)[C@@H]1C[C@@H]2Cc3c(N4CCCCC4)ccc(O)c3C(=O)C2=C(O)[C@]1(O)C(=O)CC(N)=O. The zero-order valence-corrected chi connectivity index (χ0v) is 20.7. The Labute approximate surface area is 210 Å². The molecule has 0 saturated carbocycles. The lowest BCUT2D eigenvalue weighted by atomic mass is 9.61. The number of rotatable bonds is 7. The van der Waals surface area contributed by atoms with Gasteiger partial charge in [0.05, 0.1) is 18.6 Å². The molecular weight excluding hydrogens is 466 g/mol. The number of phenolic OH excluding ortho intramolecular Hbond substituents is 1. The maximum atomic E-state index is 13.8. The summed E-state index contributed by atoms with van der Waals surface area (Å²) in [5.41, 5.74) is 4.09. The molecule has 1 amide bonds. The van der Waals surface area contributed by atoms with Crippen LogP contribution in [0.2, 0.25) is 0 Å². The summed E-state index contributed by atoms with van der Waals surface area (Å²) in [5, 5.41) is 43.8. The molecule has 1 saturated heterocycles. The van der Waals surface area contributed by atoms with Gasteiger partial charge in [-0.1, -0.05) is 0 Å². The van der Waals surface area contributed by atoms with Gasteiger partial charge in [-0.25, -0.2) is 0 Å². The number of nitrogens with zero attached hydrogens (tertiary/aromatic N) is 2. The van der Waals surface area contributed by atoms with Crippen LogP contribution >= 0.6 is 0 Å². The van der Waals surface area contributed by atoms with Crippen LogP contribution in [-0.2, 0) is 16.0 Å². The highest BCUT2D eigenvalue weighted by Crippen LogP contribution is 2.50. The van der Waals surface area contributed by atoms with E-state index in [0.29, 0.717) is 12.0 Å². The largest absolute Gasteiger partial charge is 0.508 e. The Bertz CT molecular complexity index is 1110. The van der Waals surface area contributed by atoms with Crippen LogP contribution in [0, 0.1) is 11.8 Å². The Morgan fingerprint density at radius 1 is 1.19 bits per heavy atom. The van der Waals surface area contributed by atoms with E-state index in [1.54, 1.807) is 19.0 Å². The summed E-state index contributed by atoms with van der Waals surface area (Å²) in [6, 6.07) is 2.52. The highest BCUT2D eigenvalue weighted by molar-refractivity contribution is 6.15. The minimum Gasteiger partial charge on any atom is -0.508 e. The molecule has 10 heteroatoms. The number of amides is 1. The number of fused-ring (bicyclic) bond motifs is 2. The molecule has 1 unspecified atom stereocenters. The zero-order valence-electron chi connectivity index (χ0n) is 20.7. The maximum Gasteiger partial charge on any atom is 0.225 e. The van der Waals surface area contributed by atoms with Crippen molar-refractivity contribution in [1.82, 2.24) is 4.90 Å². The topological polar surface area (TPSA) is 165 Å². The van der Waals surface area contributed by atoms with E-state index in [-0.39, 0.29) is 23.3 Å². The van der Waals surface area contributed by atoms with E-state index in [1.165, 1.54) is 6.07 Å². The molecule has 0 bridgehead atoms. The van der Waals surface area contributed by atoms with Gasteiger partial charge in [0.25, 0.3) is 0 Å². The van der Waals surface area contributed by atoms with Gasteiger partial charge in [0.1, 0.15) is 11.5 Å². The van der Waals surface area contributed by atoms with Crippen molar-refractivity contribution in [3.63, 3.8) is 0 Å². The lowest BCUT2D eigenvalue weighted by Crippen LogP contribution is -2.60. The number of aliphatic hydroxyl groups excluding tert-OH is 2. The summed E-state index contributed by atoms with van der Waals surface area (Å²) in [4.78, 5) is 42.3. The quantitative estimate of drug-likeness (QED) is 0.338. The number of aliphatic hydroxyl groups is 3. The van der Waals surface area contributed by atoms with E-state index >= 15 is 0 Å². The molecule has 4 rings (SSSR count). The predicted molar refractivity (Wildman–Crippen MR) is 132 cm³/mol. The fourth-order valence-electron chi connectivity index (χ4n) is 6.26. The number of hydrogen-bond acceptors (Lipinski definition) is 9. The number of phenols is 1. The van der Waals surface area contributed by atoms with Crippen LogP contribution in [0.5, 0.6) is 5.75 Å². The molecule has 6 N–H and O–H groups in total. The molecule has 1 fully saturated rings. The van der Waals surface area contributed by atoms with E-state index < -0.39 is 59.7 Å². The summed E-state index contributed by atoms with van der Waals surface area (Å²) in [6.07, 6.45) is 2.75. The second-order valence-electron chi connectivity index (χ2n) is 10.4. The van der Waals surface area contributed by atoms with Crippen molar-refractivity contribution in [3.05, 3.63) is 34.6 Å². The molecule has 1 aliphatic heterocycles. The van der Waals surface area contributed by atoms with Gasteiger partial charge < -0.3 is 36.0 Å². The number of ketones is 2. The van der Waals surface area contributed by atoms with Gasteiger partial charge in [-0.3, -0.25) is 14.4 Å². The number of piperidine rings is 1. The fraction of sp³-hybridized carbons (Fsp3) is 0.577. The van der Waals surface area contributed by atoms with Crippen LogP contribution < -0.4 is 10.6 Å². The van der Waals surface area contributed by atoms with Crippen LogP contribution in [-0.4, -0.2) is 88.2 Å². The van der Waals surface area contributed by atoms with E-state index in [2.05, 4.69) is 4.90 Å². The highest BCUT2D eigenvalue weighted by atomic mass is 16.3. The number of nitrogens with two attached hydrogens (primary N) is 1. The van der Waals surface area contributed by atoms with Crippen molar-refractivity contribution in [2.24, 2.45) is 17.6 Å². The zero-order chi connectivity index (χ0) is 26.4. The predicted octanol–water partition coefficient (Wildman–Crippen LogP) is 0.668. The Balaban J connectivity index is 1.88. The molecule has 196 valence electrons. The molecule has 1 heterocycles. The number of Topliss-reactive ketones (excluding diaryl/α,β-unsaturated/α-hetero) is 2. The number of likely N-dealkylation sites (N-methyl/N-ethyl adjacent to an activating group) is 1. The number of carbonyl (C=O) groups is 3. The third-order valence-corrected chi connectivity index (χ3v) is 8.06. The van der Waals surface area contributed by atoms with Crippen molar-refractivity contribution in [1.29, 1.82) is 0 Å². The van der Waals surface area contributed by atoms with Gasteiger partial charge >= 0.3 is 0 Å². The molecule has 36 heavy (non-hydrogen) atoms. The van der Waals surface area contributed by atoms with Gasteiger partial charge in [-0.2, -0.15) is 0 Å². The summed E-state index contributed by atoms with van der Waals surface area (Å²) >= 11 is 0. The van der Waals surface area contributed by atoms with Gasteiger partial charge in [-0.15, -0.1) is 0 Å². The second-order valence-corrected chi connectivity index (χ2v) is 10.4. The fourth-order valence-corrected chi connectivity index (χ4v) is 6.26. The number of anilines is 1. The summed E-state index contributed by atoms with van der Waals surface area (Å²) in [7, 11) is 3.34. The number of aromatic hydroxyl groups is 1. The van der Waals surface area contributed by atoms with Crippen molar-refractivity contribution < 1.29 is 34.8 Å². The number of benzene rings is 1. The summed E-state index contributed by atoms with van der Waals surface area (Å²) in [6.45, 7) is 1.24. The highest BCUT2D eigenvalue weighted by Gasteiger charge is 2.58. The first kappa shape index (κ1) is 26.1. The molecule has 1 aromatic carbocycles. The minimum absolute atomic E-state index is 0.0605. The smallest absolute Gasteiger partial charge is 0.225 e. The van der Waals surface area contributed by atoms with E-state index in [1.807, 2.05) is 6.07 Å². The Hall–Kier alpha value is -2.95. The molecular formula is C26H35N3O7. The van der Waals surface area contributed by atoms with Gasteiger partial charge in [0.15, 0.2) is 17.2 Å². The average molecular weight is 502 g/mol. The average Bonchev–Trinajstić information content (AvgIpc) is 2.82. The molecule has 2 aliphatic carbocycles. The first-order valence-electron chi connectivity index (χ1n) is 12.4. The Kier molecular flexibility index (Phi) is 7.14. The molecule has 3 aliphatic rings. The number of hydrogen-bond donors (Lipinski definition) is 5. The van der Waals surface area contributed by atoms with Crippen molar-refractivity contribution in [3.8, 4) is 5.75 Å². The van der Waals surface area contributed by atoms with E-state index in [0.717, 1.165) is 38.0 Å². The third-order valence-electron chi connectivity index (χ3n) is 8.06. The van der Waals surface area contributed by atoms with E-state index in [9.17, 15) is 34.8 Å². The maximum absolute atomic E-state index is 13.8. The lowest BCUT2D eigenvalue weighted by Gasteiger charge is -2.48. The number of carbonyl (C=O) groups excluding carboxylic acids is 3. The minimum atomic E-state index is -2.59. The summed E-state index contributed by atoms with van der Waals surface area (Å²) in [5.74, 6) is -5.29. The molecule has 0 radical (unpaired) electrons. The van der Waals surface area contributed by atoms with Crippen LogP contribution in [0.1, 0.15) is 48.0 Å². The first-order valence-corrected chi connectivity index (χ1v) is 12.4. The van der Waals surface area contributed by atoms with Gasteiger partial charge in [-0.05, 0) is 69.8 Å². The third kappa shape index (κ3) is 4.16. The standard InChI is InChI=1S/C26H35N3O7/c1-28(2)18(13-30)16-11-14-10-15-17(29-8-4-3-5-9-29)6-7-19(31)23(15)24(34)22(14)25(35)26(16,36)20(32)12-21(27)33/h6-7,14,16,18,30-31,35-36H,3-5,8-13H2,1-2H3,(H2,27,33)/t14-,16-,18?,26+/m0/s1. The van der Waals surface area contributed by atoms with E-state index in [4.69, 9.17) is 5.73 Å². The first-order chi connectivity index (χ1) is 17.0. The van der Waals surface area contributed by atoms with Crippen LogP contribution in [0.15, 0.2) is 23.5 Å². The number of allylic oxidation sites excluding steroid dienone is 1. The second kappa shape index (κ2) is 9.84. The van der Waals surface area contributed by atoms with Crippen LogP contribution in [0.4, 0.5) is 5.69 Å². The number of primary amides is 1. The van der Waals surface area contributed by atoms with Gasteiger partial charge in [0, 0.05) is 36.3 Å². The molecule has 4 atom stereocenters. The molecule has 1 aromatic rings. The van der Waals surface area contributed by atoms with Crippen LogP contribution in [0.25, 0.3) is 0 Å². The lowest BCUT2D eigenvalue weighted by molar-refractivity contribution is -0.151. The van der Waals surface area contributed by atoms with Gasteiger partial charge in [0.2, 0.25) is 5.91 Å². The van der Waals surface area contributed by atoms with Crippen LogP contribution in [0.3, 0.4) is 0 Å². The molecule has 10 nitrogen and oxygen atoms in total. The van der Waals surface area contributed by atoms with Crippen molar-refractivity contribution >= 4 is 23.2 Å². The normalized spacial score (nSPS) is 27.0. The van der Waals surface area contributed by atoms with Crippen molar-refractivity contribution in [2.45, 2.75) is 50.2 Å². The van der Waals surface area contributed by atoms with Crippen molar-refractivity contribution in [2.75, 3.05) is 38.7 Å². The Morgan fingerprint density at radius 2 is 1.86 bits per heavy atom. The summed E-state index contributed by atoms with van der Waals surface area (Å²) < 4.78 is 0. The Morgan fingerprint density at radius 3 is 2.44 bits per heavy atom. The molecule has 0 aromatic heterocycles.